The maximum Gasteiger partial charge on any atom is 0.150 e. The third kappa shape index (κ3) is 2.24. The molecule has 6 heteroatoms. The Morgan fingerprint density at radius 3 is 2.63 bits per heavy atom. The van der Waals surface area contributed by atoms with Gasteiger partial charge in [-0.25, -0.2) is 4.39 Å². The van der Waals surface area contributed by atoms with Gasteiger partial charge in [-0.15, -0.1) is 0 Å². The Labute approximate surface area is 109 Å². The minimum atomic E-state index is -0.589. The van der Waals surface area contributed by atoms with Crippen molar-refractivity contribution >= 4 is 22.3 Å². The lowest BCUT2D eigenvalue weighted by molar-refractivity contribution is 0.625. The zero-order valence-electron chi connectivity index (χ0n) is 9.97. The summed E-state index contributed by atoms with van der Waals surface area (Å²) in [6.45, 7) is -0.194. The number of hydrogen-bond donors (Lipinski definition) is 1. The van der Waals surface area contributed by atoms with Crippen LogP contribution in [0.15, 0.2) is 24.4 Å². The molecule has 0 bridgehead atoms. The van der Waals surface area contributed by atoms with Crippen molar-refractivity contribution in [3.05, 3.63) is 30.2 Å². The SMILES string of the molecule is N#CCN(CC#N)c1c(F)cc(N)c2cccnc12. The summed E-state index contributed by atoms with van der Waals surface area (Å²) < 4.78 is 14.1. The van der Waals surface area contributed by atoms with E-state index in [4.69, 9.17) is 16.3 Å². The first-order chi connectivity index (χ1) is 9.19. The minimum absolute atomic E-state index is 0.0972. The molecule has 0 unspecified atom stereocenters. The van der Waals surface area contributed by atoms with Crippen LogP contribution in [-0.4, -0.2) is 18.1 Å². The Kier molecular flexibility index (Phi) is 3.44. The molecule has 0 spiro atoms. The van der Waals surface area contributed by atoms with Crippen LogP contribution in [0.1, 0.15) is 0 Å². The van der Waals surface area contributed by atoms with E-state index in [1.807, 2.05) is 12.1 Å². The summed E-state index contributed by atoms with van der Waals surface area (Å²) in [6, 6.07) is 8.41. The van der Waals surface area contributed by atoms with Crippen LogP contribution in [0.25, 0.3) is 10.9 Å². The molecule has 0 aliphatic rings. The van der Waals surface area contributed by atoms with Crippen molar-refractivity contribution < 1.29 is 4.39 Å². The van der Waals surface area contributed by atoms with Crippen molar-refractivity contribution in [1.29, 1.82) is 10.5 Å². The molecule has 0 atom stereocenters. The first-order valence-corrected chi connectivity index (χ1v) is 5.50. The number of hydrogen-bond acceptors (Lipinski definition) is 5. The lowest BCUT2D eigenvalue weighted by Crippen LogP contribution is -2.25. The summed E-state index contributed by atoms with van der Waals surface area (Å²) in [4.78, 5) is 5.45. The number of fused-ring (bicyclic) bond motifs is 1. The number of aromatic nitrogens is 1. The molecule has 0 saturated heterocycles. The number of nitrogen functional groups attached to an aromatic ring is 1. The molecule has 1 heterocycles. The molecule has 2 rings (SSSR count). The second-order valence-corrected chi connectivity index (χ2v) is 3.87. The van der Waals surface area contributed by atoms with Crippen LogP contribution in [0.5, 0.6) is 0 Å². The highest BCUT2D eigenvalue weighted by Crippen LogP contribution is 2.32. The van der Waals surface area contributed by atoms with Crippen molar-refractivity contribution in [2.75, 3.05) is 23.7 Å². The average molecular weight is 255 g/mol. The minimum Gasteiger partial charge on any atom is -0.398 e. The van der Waals surface area contributed by atoms with E-state index in [2.05, 4.69) is 4.98 Å². The molecule has 0 aliphatic carbocycles. The molecular formula is C13H10FN5. The molecule has 0 aliphatic heterocycles. The van der Waals surface area contributed by atoms with Gasteiger partial charge in [0.2, 0.25) is 0 Å². The smallest absolute Gasteiger partial charge is 0.150 e. The fourth-order valence-electron chi connectivity index (χ4n) is 1.91. The Balaban J connectivity index is 2.72. The molecule has 1 aromatic carbocycles. The summed E-state index contributed by atoms with van der Waals surface area (Å²) in [6.07, 6.45) is 1.52. The van der Waals surface area contributed by atoms with Crippen molar-refractivity contribution in [2.45, 2.75) is 0 Å². The number of pyridine rings is 1. The van der Waals surface area contributed by atoms with E-state index in [0.717, 1.165) is 0 Å². The average Bonchev–Trinajstić information content (AvgIpc) is 2.39. The molecule has 1 aromatic heterocycles. The van der Waals surface area contributed by atoms with E-state index >= 15 is 0 Å². The maximum atomic E-state index is 14.1. The third-order valence-corrected chi connectivity index (χ3v) is 2.69. The number of nitrogens with two attached hydrogens (primary N) is 1. The summed E-state index contributed by atoms with van der Waals surface area (Å²) in [5, 5.41) is 18.1. The highest BCUT2D eigenvalue weighted by Gasteiger charge is 2.17. The first-order valence-electron chi connectivity index (χ1n) is 5.50. The van der Waals surface area contributed by atoms with Crippen molar-refractivity contribution in [3.63, 3.8) is 0 Å². The Hall–Kier alpha value is -2.86. The van der Waals surface area contributed by atoms with Crippen LogP contribution in [-0.2, 0) is 0 Å². The summed E-state index contributed by atoms with van der Waals surface area (Å²) in [5.41, 5.74) is 6.51. The summed E-state index contributed by atoms with van der Waals surface area (Å²) in [5.74, 6) is -0.589. The van der Waals surface area contributed by atoms with Gasteiger partial charge < -0.3 is 10.6 Å². The van der Waals surface area contributed by atoms with Gasteiger partial charge in [0, 0.05) is 17.3 Å². The Morgan fingerprint density at radius 1 is 1.32 bits per heavy atom. The first kappa shape index (κ1) is 12.6. The van der Waals surface area contributed by atoms with Gasteiger partial charge in [0.05, 0.1) is 17.7 Å². The van der Waals surface area contributed by atoms with Gasteiger partial charge in [0.15, 0.2) is 5.82 Å². The van der Waals surface area contributed by atoms with E-state index in [0.29, 0.717) is 10.9 Å². The maximum absolute atomic E-state index is 14.1. The Bertz CT molecular complexity index is 682. The lowest BCUT2D eigenvalue weighted by atomic mass is 10.1. The van der Waals surface area contributed by atoms with Gasteiger partial charge in [0.25, 0.3) is 0 Å². The molecule has 19 heavy (non-hydrogen) atoms. The summed E-state index contributed by atoms with van der Waals surface area (Å²) in [7, 11) is 0. The number of rotatable bonds is 3. The molecule has 5 nitrogen and oxygen atoms in total. The van der Waals surface area contributed by atoms with Gasteiger partial charge in [-0.2, -0.15) is 10.5 Å². The predicted octanol–water partition coefficient (Wildman–Crippen LogP) is 1.81. The van der Waals surface area contributed by atoms with Gasteiger partial charge in [-0.05, 0) is 18.2 Å². The van der Waals surface area contributed by atoms with Gasteiger partial charge in [-0.1, -0.05) is 0 Å². The molecule has 0 radical (unpaired) electrons. The second kappa shape index (κ2) is 5.19. The van der Waals surface area contributed by atoms with E-state index in [9.17, 15) is 4.39 Å². The molecule has 0 saturated carbocycles. The molecule has 2 N–H and O–H groups in total. The molecule has 94 valence electrons. The highest BCUT2D eigenvalue weighted by molar-refractivity contribution is 5.99. The summed E-state index contributed by atoms with van der Waals surface area (Å²) >= 11 is 0. The zero-order valence-corrected chi connectivity index (χ0v) is 9.97. The fourth-order valence-corrected chi connectivity index (χ4v) is 1.91. The molecule has 0 amide bonds. The number of halogens is 1. The predicted molar refractivity (Wildman–Crippen MR) is 69.6 cm³/mol. The van der Waals surface area contributed by atoms with Crippen LogP contribution in [0.3, 0.4) is 0 Å². The normalized spacial score (nSPS) is 9.84. The standard InChI is InChI=1S/C13H10FN5/c14-10-8-11(17)9-2-1-5-18-12(9)13(10)19(6-3-15)7-4-16/h1-2,5,8H,6-7,17H2. The zero-order chi connectivity index (χ0) is 13.8. The number of anilines is 2. The van der Waals surface area contributed by atoms with E-state index < -0.39 is 5.82 Å². The highest BCUT2D eigenvalue weighted by atomic mass is 19.1. The van der Waals surface area contributed by atoms with Crippen LogP contribution >= 0.6 is 0 Å². The Morgan fingerprint density at radius 2 is 2.00 bits per heavy atom. The topological polar surface area (TPSA) is 89.7 Å². The monoisotopic (exact) mass is 255 g/mol. The van der Waals surface area contributed by atoms with Crippen LogP contribution < -0.4 is 10.6 Å². The van der Waals surface area contributed by atoms with E-state index in [-0.39, 0.29) is 24.5 Å². The molecular weight excluding hydrogens is 245 g/mol. The third-order valence-electron chi connectivity index (χ3n) is 2.69. The van der Waals surface area contributed by atoms with Crippen LogP contribution in [0.2, 0.25) is 0 Å². The van der Waals surface area contributed by atoms with Crippen LogP contribution in [0, 0.1) is 28.5 Å². The van der Waals surface area contributed by atoms with Crippen molar-refractivity contribution in [1.82, 2.24) is 4.98 Å². The van der Waals surface area contributed by atoms with Crippen molar-refractivity contribution in [2.24, 2.45) is 0 Å². The largest absolute Gasteiger partial charge is 0.398 e. The molecule has 0 fully saturated rings. The van der Waals surface area contributed by atoms with Gasteiger partial charge in [-0.3, -0.25) is 4.98 Å². The quantitative estimate of drug-likeness (QED) is 0.667. The van der Waals surface area contributed by atoms with Gasteiger partial charge in [0.1, 0.15) is 18.8 Å². The molecule has 2 aromatic rings. The fraction of sp³-hybridized carbons (Fsp3) is 0.154. The van der Waals surface area contributed by atoms with Crippen LogP contribution in [0.4, 0.5) is 15.8 Å². The van der Waals surface area contributed by atoms with Crippen molar-refractivity contribution in [3.8, 4) is 12.1 Å². The van der Waals surface area contributed by atoms with E-state index in [1.54, 1.807) is 12.1 Å². The number of nitriles is 2. The lowest BCUT2D eigenvalue weighted by Gasteiger charge is -2.20. The second-order valence-electron chi connectivity index (χ2n) is 3.87. The number of nitrogens with zero attached hydrogens (tertiary/aromatic N) is 4. The van der Waals surface area contributed by atoms with Gasteiger partial charge >= 0.3 is 0 Å². The number of benzene rings is 1. The van der Waals surface area contributed by atoms with E-state index in [1.165, 1.54) is 17.2 Å².